The first-order valence-corrected chi connectivity index (χ1v) is 7.97. The van der Waals surface area contributed by atoms with Gasteiger partial charge in [0, 0.05) is 0 Å². The average Bonchev–Trinajstić information content (AvgIpc) is 3.13. The minimum atomic E-state index is -1.13. The summed E-state index contributed by atoms with van der Waals surface area (Å²) < 4.78 is 0. The van der Waals surface area contributed by atoms with Crippen LogP contribution in [0.4, 0.5) is 0 Å². The Kier molecular flexibility index (Phi) is 4.13. The van der Waals surface area contributed by atoms with Crippen molar-refractivity contribution in [2.45, 2.75) is 19.8 Å². The Bertz CT molecular complexity index is 700. The van der Waals surface area contributed by atoms with Crippen LogP contribution in [0.15, 0.2) is 42.5 Å². The highest BCUT2D eigenvalue weighted by atomic mass is 16.4. The van der Waals surface area contributed by atoms with E-state index in [9.17, 15) is 19.5 Å². The number of fused-ring (bicyclic) bond motifs is 2. The van der Waals surface area contributed by atoms with Crippen molar-refractivity contribution < 1.29 is 19.5 Å². The van der Waals surface area contributed by atoms with Gasteiger partial charge in [-0.15, -0.1) is 0 Å². The third kappa shape index (κ3) is 2.68. The van der Waals surface area contributed by atoms with E-state index in [0.29, 0.717) is 6.42 Å². The summed E-state index contributed by atoms with van der Waals surface area (Å²) in [5.41, 5.74) is 4.50. The van der Waals surface area contributed by atoms with Crippen LogP contribution in [-0.2, 0) is 20.8 Å². The number of benzene rings is 1. The number of aliphatic carboxylic acids is 1. The van der Waals surface area contributed by atoms with Crippen LogP contribution in [0.3, 0.4) is 0 Å². The van der Waals surface area contributed by atoms with Crippen LogP contribution in [0.5, 0.6) is 0 Å². The molecule has 24 heavy (non-hydrogen) atoms. The number of hydrazine groups is 1. The van der Waals surface area contributed by atoms with E-state index < -0.39 is 23.2 Å². The fourth-order valence-electron chi connectivity index (χ4n) is 3.89. The first-order chi connectivity index (χ1) is 11.4. The first-order valence-electron chi connectivity index (χ1n) is 7.97. The molecule has 6 nitrogen and oxygen atoms in total. The topological polar surface area (TPSA) is 95.5 Å². The highest BCUT2D eigenvalue weighted by Gasteiger charge is 2.60. The minimum absolute atomic E-state index is 0.0953. The monoisotopic (exact) mass is 328 g/mol. The second-order valence-electron chi connectivity index (χ2n) is 6.66. The van der Waals surface area contributed by atoms with Crippen molar-refractivity contribution in [3.8, 4) is 0 Å². The zero-order chi connectivity index (χ0) is 17.3. The number of hydrogen-bond donors (Lipinski definition) is 3. The molecular weight excluding hydrogens is 308 g/mol. The number of allylic oxidation sites excluding steroid dienone is 2. The fraction of sp³-hybridized carbons (Fsp3) is 0.389. The van der Waals surface area contributed by atoms with E-state index in [1.807, 2.05) is 42.5 Å². The van der Waals surface area contributed by atoms with Crippen LogP contribution in [-0.4, -0.2) is 22.9 Å². The molecule has 0 saturated heterocycles. The van der Waals surface area contributed by atoms with E-state index >= 15 is 0 Å². The van der Waals surface area contributed by atoms with Gasteiger partial charge in [0.15, 0.2) is 0 Å². The van der Waals surface area contributed by atoms with Gasteiger partial charge in [0.2, 0.25) is 11.8 Å². The molecule has 0 aliphatic heterocycles. The van der Waals surface area contributed by atoms with E-state index in [-0.39, 0.29) is 24.2 Å². The number of amides is 2. The second kappa shape index (κ2) is 6.11. The van der Waals surface area contributed by atoms with Crippen LogP contribution in [0.2, 0.25) is 0 Å². The summed E-state index contributed by atoms with van der Waals surface area (Å²) in [6.45, 7) is 1.61. The summed E-state index contributed by atoms with van der Waals surface area (Å²) in [5, 5.41) is 9.58. The predicted molar refractivity (Wildman–Crippen MR) is 86.4 cm³/mol. The van der Waals surface area contributed by atoms with Gasteiger partial charge in [-0.3, -0.25) is 25.2 Å². The zero-order valence-electron chi connectivity index (χ0n) is 13.4. The Morgan fingerprint density at radius 1 is 1.17 bits per heavy atom. The number of hydrogen-bond acceptors (Lipinski definition) is 3. The van der Waals surface area contributed by atoms with Gasteiger partial charge in [0.05, 0.1) is 17.8 Å². The summed E-state index contributed by atoms with van der Waals surface area (Å²) in [6, 6.07) is 9.17. The third-order valence-electron chi connectivity index (χ3n) is 5.24. The van der Waals surface area contributed by atoms with Crippen molar-refractivity contribution in [2.24, 2.45) is 23.2 Å². The van der Waals surface area contributed by atoms with Gasteiger partial charge in [-0.1, -0.05) is 42.5 Å². The maximum Gasteiger partial charge on any atom is 0.310 e. The van der Waals surface area contributed by atoms with Crippen LogP contribution in [0, 0.1) is 23.2 Å². The lowest BCUT2D eigenvalue weighted by Gasteiger charge is -2.33. The maximum absolute atomic E-state index is 12.5. The van der Waals surface area contributed by atoms with Gasteiger partial charge < -0.3 is 5.11 Å². The molecule has 0 spiro atoms. The molecule has 0 aromatic heterocycles. The molecule has 2 amide bonds. The fourth-order valence-corrected chi connectivity index (χ4v) is 3.89. The molecule has 1 aromatic carbocycles. The van der Waals surface area contributed by atoms with Gasteiger partial charge in [0.1, 0.15) is 0 Å². The molecule has 1 fully saturated rings. The third-order valence-corrected chi connectivity index (χ3v) is 5.24. The van der Waals surface area contributed by atoms with Crippen molar-refractivity contribution in [1.82, 2.24) is 10.9 Å². The molecule has 0 unspecified atom stereocenters. The van der Waals surface area contributed by atoms with Crippen molar-refractivity contribution in [1.29, 1.82) is 0 Å². The molecule has 2 bridgehead atoms. The maximum atomic E-state index is 12.5. The second-order valence-corrected chi connectivity index (χ2v) is 6.66. The molecule has 3 rings (SSSR count). The first kappa shape index (κ1) is 16.2. The molecular formula is C18H20N2O4. The molecule has 1 saturated carbocycles. The Labute approximate surface area is 139 Å². The quantitative estimate of drug-likeness (QED) is 0.573. The summed E-state index contributed by atoms with van der Waals surface area (Å²) in [6.07, 6.45) is 4.61. The number of carboxylic acid groups (broad SMARTS) is 1. The Balaban J connectivity index is 1.62. The molecule has 2 aliphatic carbocycles. The van der Waals surface area contributed by atoms with E-state index in [4.69, 9.17) is 0 Å². The van der Waals surface area contributed by atoms with Crippen molar-refractivity contribution >= 4 is 17.8 Å². The van der Waals surface area contributed by atoms with Gasteiger partial charge >= 0.3 is 5.97 Å². The van der Waals surface area contributed by atoms with Crippen LogP contribution in [0.1, 0.15) is 18.9 Å². The number of rotatable bonds is 4. The lowest BCUT2D eigenvalue weighted by molar-refractivity contribution is -0.156. The molecule has 3 N–H and O–H groups in total. The van der Waals surface area contributed by atoms with E-state index in [0.717, 1.165) is 5.56 Å². The Morgan fingerprint density at radius 2 is 1.88 bits per heavy atom. The Morgan fingerprint density at radius 3 is 2.54 bits per heavy atom. The molecule has 0 radical (unpaired) electrons. The van der Waals surface area contributed by atoms with Crippen molar-refractivity contribution in [3.63, 3.8) is 0 Å². The molecule has 2 aliphatic rings. The largest absolute Gasteiger partial charge is 0.481 e. The SMILES string of the molecule is C[C@@]1(C(=O)O)[C@@H]2C=C[C@H](C2)[C@@H]1C(=O)NNC(=O)Cc1ccccc1. The lowest BCUT2D eigenvalue weighted by Crippen LogP contribution is -2.52. The highest BCUT2D eigenvalue weighted by molar-refractivity contribution is 5.90. The van der Waals surface area contributed by atoms with Crippen LogP contribution >= 0.6 is 0 Å². The summed E-state index contributed by atoms with van der Waals surface area (Å²) in [4.78, 5) is 36.1. The van der Waals surface area contributed by atoms with Gasteiger partial charge in [0.25, 0.3) is 0 Å². The summed E-state index contributed by atoms with van der Waals surface area (Å²) in [5.74, 6) is -2.68. The predicted octanol–water partition coefficient (Wildman–Crippen LogP) is 1.29. The van der Waals surface area contributed by atoms with Gasteiger partial charge in [-0.05, 0) is 30.7 Å². The van der Waals surface area contributed by atoms with Gasteiger partial charge in [-0.25, -0.2) is 0 Å². The van der Waals surface area contributed by atoms with Crippen molar-refractivity contribution in [3.05, 3.63) is 48.0 Å². The zero-order valence-corrected chi connectivity index (χ0v) is 13.4. The van der Waals surface area contributed by atoms with Crippen LogP contribution in [0.25, 0.3) is 0 Å². The van der Waals surface area contributed by atoms with Crippen LogP contribution < -0.4 is 10.9 Å². The Hall–Kier alpha value is -2.63. The lowest BCUT2D eigenvalue weighted by atomic mass is 9.69. The molecule has 126 valence electrons. The number of carboxylic acids is 1. The minimum Gasteiger partial charge on any atom is -0.481 e. The molecule has 1 aromatic rings. The van der Waals surface area contributed by atoms with E-state index in [1.54, 1.807) is 6.92 Å². The molecule has 4 atom stereocenters. The van der Waals surface area contributed by atoms with Gasteiger partial charge in [-0.2, -0.15) is 0 Å². The average molecular weight is 328 g/mol. The standard InChI is InChI=1S/C18H20N2O4/c1-18(17(23)24)13-8-7-12(10-13)15(18)16(22)20-19-14(21)9-11-5-3-2-4-6-11/h2-8,12-13,15H,9-10H2,1H3,(H,19,21)(H,20,22)(H,23,24)/t12-,13-,15-,18-/m1/s1. The number of carbonyl (C=O) groups is 3. The van der Waals surface area contributed by atoms with Crippen molar-refractivity contribution in [2.75, 3.05) is 0 Å². The van der Waals surface area contributed by atoms with E-state index in [1.165, 1.54) is 0 Å². The molecule has 0 heterocycles. The molecule has 6 heteroatoms. The smallest absolute Gasteiger partial charge is 0.310 e. The highest BCUT2D eigenvalue weighted by Crippen LogP contribution is 2.56. The normalized spacial score (nSPS) is 30.1. The summed E-state index contributed by atoms with van der Waals surface area (Å²) >= 11 is 0. The number of nitrogens with one attached hydrogen (secondary N) is 2. The number of carbonyl (C=O) groups excluding carboxylic acids is 2. The van der Waals surface area contributed by atoms with E-state index in [2.05, 4.69) is 10.9 Å². The summed E-state index contributed by atoms with van der Waals surface area (Å²) in [7, 11) is 0.